The summed E-state index contributed by atoms with van der Waals surface area (Å²) in [6.45, 7) is 3.68. The molecule has 1 aromatic rings. The molecule has 80 valence electrons. The summed E-state index contributed by atoms with van der Waals surface area (Å²) in [6, 6.07) is 0. The highest BCUT2D eigenvalue weighted by Crippen LogP contribution is 2.29. The van der Waals surface area contributed by atoms with Crippen molar-refractivity contribution in [1.82, 2.24) is 9.55 Å². The van der Waals surface area contributed by atoms with Gasteiger partial charge in [0.05, 0.1) is 18.6 Å². The molecule has 0 saturated carbocycles. The van der Waals surface area contributed by atoms with E-state index in [9.17, 15) is 8.78 Å². The lowest BCUT2D eigenvalue weighted by Gasteiger charge is -2.10. The Hall–Kier alpha value is -0.330. The van der Waals surface area contributed by atoms with Crippen LogP contribution < -0.4 is 0 Å². The van der Waals surface area contributed by atoms with Crippen LogP contribution in [-0.2, 0) is 6.54 Å². The number of rotatable bonds is 4. The summed E-state index contributed by atoms with van der Waals surface area (Å²) in [5, 5.41) is 0. The van der Waals surface area contributed by atoms with E-state index in [0.717, 1.165) is 5.69 Å². The standard InChI is InChI=1S/C9H13F2IN2/c1-7(2)8-4-14(6-13-8)5-9(10,11)12-3/h4,6-7H,3,5H2,1-2H3. The summed E-state index contributed by atoms with van der Waals surface area (Å²) in [5.74, 6) is 0.277. The van der Waals surface area contributed by atoms with E-state index in [1.165, 1.54) is 10.9 Å². The molecule has 2 nitrogen and oxygen atoms in total. The van der Waals surface area contributed by atoms with Gasteiger partial charge in [0, 0.05) is 6.20 Å². The molecule has 0 N–H and O–H groups in total. The summed E-state index contributed by atoms with van der Waals surface area (Å²) in [4.78, 5) is 4.06. The zero-order valence-corrected chi connectivity index (χ0v) is 10.3. The highest BCUT2D eigenvalue weighted by atomic mass is 127. The number of hydrogen-bond acceptors (Lipinski definition) is 1. The minimum absolute atomic E-state index is 0.277. The monoisotopic (exact) mass is 314 g/mol. The van der Waals surface area contributed by atoms with Gasteiger partial charge in [-0.1, -0.05) is 18.4 Å². The number of hydrogen-bond donors (Lipinski definition) is 0. The van der Waals surface area contributed by atoms with Crippen molar-refractivity contribution in [3.63, 3.8) is 0 Å². The average molecular weight is 314 g/mol. The van der Waals surface area contributed by atoms with Crippen LogP contribution in [0.1, 0.15) is 25.5 Å². The second kappa shape index (κ2) is 4.46. The Morgan fingerprint density at radius 3 is 2.71 bits per heavy atom. The lowest BCUT2D eigenvalue weighted by molar-refractivity contribution is 0.106. The molecule has 0 aliphatic heterocycles. The molecule has 0 spiro atoms. The minimum atomic E-state index is -2.63. The summed E-state index contributed by atoms with van der Waals surface area (Å²) in [6.07, 6.45) is 3.14. The van der Waals surface area contributed by atoms with Crippen LogP contribution in [0.25, 0.3) is 0 Å². The SMILES string of the molecule is C=IC(F)(F)Cn1cnc(C(C)C)c1. The number of alkyl halides is 3. The Bertz CT molecular complexity index is 320. The van der Waals surface area contributed by atoms with Crippen molar-refractivity contribution in [2.24, 2.45) is 0 Å². The maximum Gasteiger partial charge on any atom is 0.308 e. The molecule has 1 rings (SSSR count). The van der Waals surface area contributed by atoms with Crippen molar-refractivity contribution in [1.29, 1.82) is 0 Å². The molecule has 0 atom stereocenters. The predicted octanol–water partition coefficient (Wildman–Crippen LogP) is 3.00. The molecular formula is C9H13F2IN2. The van der Waals surface area contributed by atoms with Gasteiger partial charge in [-0.3, -0.25) is 0 Å². The third kappa shape index (κ3) is 3.11. The average Bonchev–Trinajstić information content (AvgIpc) is 2.52. The molecule has 5 heteroatoms. The number of halogens is 3. The first-order valence-corrected chi connectivity index (χ1v) is 6.84. The Balaban J connectivity index is 2.73. The maximum absolute atomic E-state index is 13.0. The fourth-order valence-corrected chi connectivity index (χ4v) is 1.65. The highest BCUT2D eigenvalue weighted by molar-refractivity contribution is 14.2. The molecule has 0 unspecified atom stereocenters. The zero-order chi connectivity index (χ0) is 10.8. The minimum Gasteiger partial charge on any atom is -0.330 e. The zero-order valence-electron chi connectivity index (χ0n) is 8.17. The molecule has 1 aromatic heterocycles. The van der Waals surface area contributed by atoms with Crippen LogP contribution in [0, 0.1) is 0 Å². The summed E-state index contributed by atoms with van der Waals surface area (Å²) >= 11 is -1.30. The Kier molecular flexibility index (Phi) is 3.74. The van der Waals surface area contributed by atoms with Crippen LogP contribution in [-0.4, -0.2) is 18.0 Å². The topological polar surface area (TPSA) is 17.8 Å². The smallest absolute Gasteiger partial charge is 0.308 e. The highest BCUT2D eigenvalue weighted by Gasteiger charge is 2.25. The van der Waals surface area contributed by atoms with Crippen LogP contribution in [0.5, 0.6) is 0 Å². The predicted molar refractivity (Wildman–Crippen MR) is 62.4 cm³/mol. The van der Waals surface area contributed by atoms with Gasteiger partial charge in [0.25, 0.3) is 0 Å². The summed E-state index contributed by atoms with van der Waals surface area (Å²) in [7, 11) is 0. The fourth-order valence-electron chi connectivity index (χ4n) is 1.01. The van der Waals surface area contributed by atoms with E-state index in [1.54, 1.807) is 6.20 Å². The van der Waals surface area contributed by atoms with Gasteiger partial charge in [-0.15, -0.1) is 0 Å². The molecule has 0 aromatic carbocycles. The Labute approximate surface area is 92.1 Å². The van der Waals surface area contributed by atoms with Gasteiger partial charge in [0.1, 0.15) is 0 Å². The summed E-state index contributed by atoms with van der Waals surface area (Å²) < 4.78 is 28.1. The third-order valence-corrected chi connectivity index (χ3v) is 3.26. The van der Waals surface area contributed by atoms with Gasteiger partial charge >= 0.3 is 3.93 Å². The lowest BCUT2D eigenvalue weighted by Crippen LogP contribution is -2.15. The van der Waals surface area contributed by atoms with E-state index in [1.807, 2.05) is 13.8 Å². The van der Waals surface area contributed by atoms with Crippen LogP contribution in [0.3, 0.4) is 0 Å². The fraction of sp³-hybridized carbons (Fsp3) is 0.556. The van der Waals surface area contributed by atoms with Crippen molar-refractivity contribution in [3.05, 3.63) is 18.2 Å². The first-order chi connectivity index (χ1) is 6.44. The van der Waals surface area contributed by atoms with Gasteiger partial charge in [-0.2, -0.15) is 8.78 Å². The number of nitrogens with zero attached hydrogens (tertiary/aromatic N) is 2. The largest absolute Gasteiger partial charge is 0.330 e. The second-order valence-electron chi connectivity index (χ2n) is 3.37. The number of imidazole rings is 1. The van der Waals surface area contributed by atoms with Gasteiger partial charge in [-0.25, -0.2) is 4.98 Å². The van der Waals surface area contributed by atoms with E-state index in [-0.39, 0.29) is 12.5 Å². The van der Waals surface area contributed by atoms with Crippen molar-refractivity contribution < 1.29 is 8.78 Å². The molecule has 0 amide bonds. The van der Waals surface area contributed by atoms with Crippen LogP contribution >= 0.6 is 20.7 Å². The van der Waals surface area contributed by atoms with E-state index in [4.69, 9.17) is 0 Å². The molecule has 0 saturated heterocycles. The van der Waals surface area contributed by atoms with Crippen LogP contribution in [0.15, 0.2) is 12.5 Å². The molecule has 0 aliphatic carbocycles. The van der Waals surface area contributed by atoms with Crippen molar-refractivity contribution >= 4 is 25.2 Å². The maximum atomic E-state index is 13.0. The van der Waals surface area contributed by atoms with Crippen molar-refractivity contribution in [2.45, 2.75) is 30.2 Å². The quantitative estimate of drug-likeness (QED) is 0.617. The summed E-state index contributed by atoms with van der Waals surface area (Å²) in [5.41, 5.74) is 0.850. The second-order valence-corrected chi connectivity index (χ2v) is 5.72. The first-order valence-electron chi connectivity index (χ1n) is 4.23. The van der Waals surface area contributed by atoms with Gasteiger partial charge in [-0.05, 0) is 26.6 Å². The lowest BCUT2D eigenvalue weighted by atomic mass is 10.2. The van der Waals surface area contributed by atoms with Crippen molar-refractivity contribution in [3.8, 4) is 0 Å². The van der Waals surface area contributed by atoms with E-state index >= 15 is 0 Å². The van der Waals surface area contributed by atoms with E-state index in [2.05, 4.69) is 9.50 Å². The molecule has 14 heavy (non-hydrogen) atoms. The molecule has 0 radical (unpaired) electrons. The molecule has 0 fully saturated rings. The Morgan fingerprint density at radius 2 is 2.29 bits per heavy atom. The molecule has 0 aliphatic rings. The van der Waals surface area contributed by atoms with Gasteiger partial charge in [0.2, 0.25) is 0 Å². The van der Waals surface area contributed by atoms with Crippen molar-refractivity contribution in [2.75, 3.05) is 0 Å². The molecule has 1 heterocycles. The molecule has 0 bridgehead atoms. The van der Waals surface area contributed by atoms with Gasteiger partial charge < -0.3 is 4.57 Å². The first kappa shape index (κ1) is 11.7. The Morgan fingerprint density at radius 1 is 1.64 bits per heavy atom. The normalized spacial score (nSPS) is 12.4. The van der Waals surface area contributed by atoms with Crippen LogP contribution in [0.4, 0.5) is 8.78 Å². The van der Waals surface area contributed by atoms with Gasteiger partial charge in [0.15, 0.2) is 0 Å². The van der Waals surface area contributed by atoms with E-state index < -0.39 is 24.7 Å². The van der Waals surface area contributed by atoms with Crippen LogP contribution in [0.2, 0.25) is 0 Å². The number of aromatic nitrogens is 2. The molecular weight excluding hydrogens is 301 g/mol. The van der Waals surface area contributed by atoms with E-state index in [0.29, 0.717) is 0 Å². The third-order valence-electron chi connectivity index (χ3n) is 1.80.